The first-order valence-electron chi connectivity index (χ1n) is 3.75. The Kier molecular flexibility index (Phi) is 2.54. The molecule has 0 aromatic rings. The van der Waals surface area contributed by atoms with Crippen molar-refractivity contribution in [3.05, 3.63) is 0 Å². The van der Waals surface area contributed by atoms with E-state index in [0.717, 1.165) is 6.42 Å². The van der Waals surface area contributed by atoms with Crippen molar-refractivity contribution in [2.24, 2.45) is 11.8 Å². The highest BCUT2D eigenvalue weighted by atomic mass is 35.5. The minimum Gasteiger partial charge on any atom is -0.368 e. The van der Waals surface area contributed by atoms with Gasteiger partial charge in [-0.2, -0.15) is 0 Å². The Morgan fingerprint density at radius 1 is 1.58 bits per heavy atom. The van der Waals surface area contributed by atoms with Crippen LogP contribution in [-0.4, -0.2) is 16.2 Å². The summed E-state index contributed by atoms with van der Waals surface area (Å²) in [6, 6.07) is 0.127. The van der Waals surface area contributed by atoms with Gasteiger partial charge >= 0.3 is 0 Å². The lowest BCUT2D eigenvalue weighted by Gasteiger charge is -2.17. The fraction of sp³-hybridized carbons (Fsp3) is 0.857. The Balaban J connectivity index is 0.000000720. The molecular formula is C7H11Cl3N2. The maximum atomic E-state index is 7.42. The molecule has 0 spiro atoms. The normalized spacial score (nSPS) is 42.2. The van der Waals surface area contributed by atoms with E-state index in [0.29, 0.717) is 17.7 Å². The number of piperidine rings is 1. The highest BCUT2D eigenvalue weighted by Gasteiger charge is 2.67. The van der Waals surface area contributed by atoms with E-state index in [9.17, 15) is 0 Å². The van der Waals surface area contributed by atoms with E-state index in [1.165, 1.54) is 0 Å². The third-order valence-electron chi connectivity index (χ3n) is 2.58. The van der Waals surface area contributed by atoms with Crippen molar-refractivity contribution in [3.8, 4) is 0 Å². The summed E-state index contributed by atoms with van der Waals surface area (Å²) in [4.78, 5) is 0. The molecule has 12 heavy (non-hydrogen) atoms. The van der Waals surface area contributed by atoms with E-state index in [4.69, 9.17) is 28.6 Å². The molecule has 2 nitrogen and oxygen atoms in total. The number of nitrogens with one attached hydrogen (secondary N) is 2. The van der Waals surface area contributed by atoms with Gasteiger partial charge in [0.25, 0.3) is 0 Å². The first kappa shape index (κ1) is 10.4. The topological polar surface area (TPSA) is 35.9 Å². The van der Waals surface area contributed by atoms with Crippen LogP contribution in [0.15, 0.2) is 0 Å². The van der Waals surface area contributed by atoms with Gasteiger partial charge in [-0.1, -0.05) is 30.1 Å². The number of amidine groups is 1. The van der Waals surface area contributed by atoms with Gasteiger partial charge in [-0.15, -0.1) is 12.4 Å². The quantitative estimate of drug-likeness (QED) is 0.614. The van der Waals surface area contributed by atoms with Gasteiger partial charge in [-0.05, 0) is 5.92 Å². The second-order valence-corrected chi connectivity index (χ2v) is 4.93. The van der Waals surface area contributed by atoms with Crippen molar-refractivity contribution >= 4 is 41.4 Å². The second kappa shape index (κ2) is 2.93. The average molecular weight is 230 g/mol. The Morgan fingerprint density at radius 3 is 2.67 bits per heavy atom. The van der Waals surface area contributed by atoms with E-state index < -0.39 is 4.33 Å². The zero-order valence-corrected chi connectivity index (χ0v) is 8.93. The Labute approximate surface area is 87.9 Å². The number of alkyl halides is 2. The van der Waals surface area contributed by atoms with Gasteiger partial charge in [0, 0.05) is 12.3 Å². The molecule has 1 heterocycles. The SMILES string of the molecule is CC1CC(=N)NC2C1C2(Cl)Cl.Cl. The van der Waals surface area contributed by atoms with Crippen LogP contribution in [0.3, 0.4) is 0 Å². The molecule has 0 amide bonds. The molecule has 70 valence electrons. The predicted molar refractivity (Wildman–Crippen MR) is 53.6 cm³/mol. The number of halogens is 3. The number of hydrogen-bond acceptors (Lipinski definition) is 1. The van der Waals surface area contributed by atoms with Crippen molar-refractivity contribution in [1.82, 2.24) is 5.32 Å². The van der Waals surface area contributed by atoms with Gasteiger partial charge in [-0.3, -0.25) is 5.41 Å². The van der Waals surface area contributed by atoms with Crippen molar-refractivity contribution in [2.45, 2.75) is 23.7 Å². The molecule has 2 N–H and O–H groups in total. The Morgan fingerprint density at radius 2 is 2.17 bits per heavy atom. The van der Waals surface area contributed by atoms with Gasteiger partial charge in [0.2, 0.25) is 0 Å². The number of rotatable bonds is 0. The number of hydrogen-bond donors (Lipinski definition) is 2. The average Bonchev–Trinajstić information content (AvgIpc) is 2.34. The predicted octanol–water partition coefficient (Wildman–Crippen LogP) is 2.19. The van der Waals surface area contributed by atoms with E-state index in [-0.39, 0.29) is 18.4 Å². The molecule has 2 aliphatic rings. The maximum Gasteiger partial charge on any atom is 0.143 e. The van der Waals surface area contributed by atoms with Gasteiger partial charge in [0.05, 0.1) is 11.9 Å². The standard InChI is InChI=1S/C7H10Cl2N2.ClH/c1-3-2-4(10)11-6-5(3)7(6,8)9;/h3,5-6H,2H2,1H3,(H2,10,11);1H. The Hall–Kier alpha value is 0.340. The smallest absolute Gasteiger partial charge is 0.143 e. The van der Waals surface area contributed by atoms with Crippen LogP contribution in [-0.2, 0) is 0 Å². The van der Waals surface area contributed by atoms with Gasteiger partial charge in [0.15, 0.2) is 0 Å². The summed E-state index contributed by atoms with van der Waals surface area (Å²) < 4.78 is -0.609. The lowest BCUT2D eigenvalue weighted by Crippen LogP contribution is -2.34. The third kappa shape index (κ3) is 1.30. The molecule has 0 aromatic carbocycles. The monoisotopic (exact) mass is 228 g/mol. The first-order chi connectivity index (χ1) is 5.03. The summed E-state index contributed by atoms with van der Waals surface area (Å²) in [7, 11) is 0. The molecule has 0 radical (unpaired) electrons. The van der Waals surface area contributed by atoms with Crippen molar-refractivity contribution < 1.29 is 0 Å². The molecular weight excluding hydrogens is 218 g/mol. The fourth-order valence-corrected chi connectivity index (χ4v) is 2.88. The van der Waals surface area contributed by atoms with Crippen molar-refractivity contribution in [3.63, 3.8) is 0 Å². The molecule has 1 aliphatic heterocycles. The molecule has 0 bridgehead atoms. The first-order valence-corrected chi connectivity index (χ1v) is 4.51. The minimum atomic E-state index is -0.609. The maximum absolute atomic E-state index is 7.42. The zero-order chi connectivity index (χ0) is 8.22. The van der Waals surface area contributed by atoms with Crippen LogP contribution in [0.2, 0.25) is 0 Å². The molecule has 3 unspecified atom stereocenters. The molecule has 2 fully saturated rings. The van der Waals surface area contributed by atoms with E-state index in [1.807, 2.05) is 0 Å². The highest BCUT2D eigenvalue weighted by molar-refractivity contribution is 6.52. The fourth-order valence-electron chi connectivity index (χ4n) is 1.94. The molecule has 2 rings (SSSR count). The lowest BCUT2D eigenvalue weighted by atomic mass is 9.98. The summed E-state index contributed by atoms with van der Waals surface area (Å²) in [6.07, 6.45) is 0.780. The van der Waals surface area contributed by atoms with Crippen molar-refractivity contribution in [1.29, 1.82) is 5.41 Å². The molecule has 1 saturated carbocycles. The summed E-state index contributed by atoms with van der Waals surface area (Å²) in [5.74, 6) is 1.37. The van der Waals surface area contributed by atoms with E-state index >= 15 is 0 Å². The summed E-state index contributed by atoms with van der Waals surface area (Å²) in [6.45, 7) is 2.10. The van der Waals surface area contributed by atoms with Crippen LogP contribution in [0.1, 0.15) is 13.3 Å². The van der Waals surface area contributed by atoms with Crippen LogP contribution in [0.4, 0.5) is 0 Å². The van der Waals surface area contributed by atoms with Gasteiger partial charge < -0.3 is 5.32 Å². The van der Waals surface area contributed by atoms with E-state index in [2.05, 4.69) is 12.2 Å². The molecule has 3 atom stereocenters. The highest BCUT2D eigenvalue weighted by Crippen LogP contribution is 2.59. The van der Waals surface area contributed by atoms with Crippen LogP contribution >= 0.6 is 35.6 Å². The van der Waals surface area contributed by atoms with Gasteiger partial charge in [-0.25, -0.2) is 0 Å². The molecule has 1 aliphatic carbocycles. The lowest BCUT2D eigenvalue weighted by molar-refractivity contribution is 0.471. The molecule has 1 saturated heterocycles. The summed E-state index contributed by atoms with van der Waals surface area (Å²) >= 11 is 12.0. The van der Waals surface area contributed by atoms with Crippen LogP contribution < -0.4 is 5.32 Å². The molecule has 5 heteroatoms. The molecule has 0 aromatic heterocycles. The minimum absolute atomic E-state index is 0. The largest absolute Gasteiger partial charge is 0.368 e. The van der Waals surface area contributed by atoms with Crippen molar-refractivity contribution in [2.75, 3.05) is 0 Å². The Bertz CT molecular complexity index is 217. The second-order valence-electron chi connectivity index (χ2n) is 3.48. The number of fused-ring (bicyclic) bond motifs is 1. The van der Waals surface area contributed by atoms with E-state index in [1.54, 1.807) is 0 Å². The zero-order valence-electron chi connectivity index (χ0n) is 6.60. The summed E-state index contributed by atoms with van der Waals surface area (Å²) in [5.41, 5.74) is 0. The third-order valence-corrected chi connectivity index (χ3v) is 3.55. The van der Waals surface area contributed by atoms with Crippen LogP contribution in [0.5, 0.6) is 0 Å². The van der Waals surface area contributed by atoms with Gasteiger partial charge in [0.1, 0.15) is 4.33 Å². The van der Waals surface area contributed by atoms with Crippen LogP contribution in [0.25, 0.3) is 0 Å². The van der Waals surface area contributed by atoms with Crippen LogP contribution in [0, 0.1) is 17.2 Å². The summed E-state index contributed by atoms with van der Waals surface area (Å²) in [5, 5.41) is 10.4.